The highest BCUT2D eigenvalue weighted by atomic mass is 32.7. The van der Waals surface area contributed by atoms with Crippen molar-refractivity contribution in [2.45, 2.75) is 13.8 Å². The van der Waals surface area contributed by atoms with Crippen molar-refractivity contribution in [1.82, 2.24) is 0 Å². The van der Waals surface area contributed by atoms with Gasteiger partial charge in [0.1, 0.15) is 0 Å². The maximum absolute atomic E-state index is 4.07. The van der Waals surface area contributed by atoms with E-state index in [-0.39, 0.29) is 0 Å². The third kappa shape index (κ3) is 8.00. The van der Waals surface area contributed by atoms with Crippen LogP contribution in [0.5, 0.6) is 0 Å². The molecule has 0 aliphatic rings. The first-order chi connectivity index (χ1) is 4.85. The Morgan fingerprint density at radius 2 is 1.90 bits per heavy atom. The summed E-state index contributed by atoms with van der Waals surface area (Å²) >= 11 is 4.07. The first kappa shape index (κ1) is 12.7. The summed E-state index contributed by atoms with van der Waals surface area (Å²) in [5, 5.41) is 1.13. The summed E-state index contributed by atoms with van der Waals surface area (Å²) in [6.45, 7) is 11.1. The second kappa shape index (κ2) is 11.8. The van der Waals surface area contributed by atoms with E-state index in [1.807, 2.05) is 19.9 Å². The molecule has 1 atom stereocenters. The summed E-state index contributed by atoms with van der Waals surface area (Å²) < 4.78 is 0. The third-order valence-electron chi connectivity index (χ3n) is 0.646. The molecule has 0 nitrogen and oxygen atoms in total. The van der Waals surface area contributed by atoms with Crippen LogP contribution in [0, 0.1) is 0 Å². The van der Waals surface area contributed by atoms with E-state index in [4.69, 9.17) is 0 Å². The van der Waals surface area contributed by atoms with E-state index in [9.17, 15) is 0 Å². The van der Waals surface area contributed by atoms with Crippen molar-refractivity contribution < 1.29 is 0 Å². The molecular weight excluding hydrogens is 159 g/mol. The van der Waals surface area contributed by atoms with E-state index in [0.29, 0.717) is 7.78 Å². The molecule has 0 aromatic heterocycles. The third-order valence-corrected chi connectivity index (χ3v) is 2.05. The molecule has 0 bridgehead atoms. The van der Waals surface area contributed by atoms with Crippen molar-refractivity contribution in [3.05, 3.63) is 36.7 Å². The summed E-state index contributed by atoms with van der Waals surface area (Å²) in [7, 11) is 0.522. The van der Waals surface area contributed by atoms with Crippen LogP contribution in [-0.2, 0) is 0 Å². The molecule has 0 aromatic carbocycles. The molecule has 1 unspecified atom stereocenters. The zero-order valence-electron chi connectivity index (χ0n) is 6.59. The van der Waals surface area contributed by atoms with Crippen molar-refractivity contribution in [2.24, 2.45) is 0 Å². The van der Waals surface area contributed by atoms with Gasteiger partial charge in [-0.05, 0) is 13.1 Å². The smallest absolute Gasteiger partial charge is 0.0176 e. The standard InChI is InChI=1S/C6H9PS.C2H6/c1-3-5-6(4-2)7-8;1-2/h3-5,7-8H,1-2H2;1-2H3/b6-5+;. The topological polar surface area (TPSA) is 0 Å². The predicted octanol–water partition coefficient (Wildman–Crippen LogP) is 3.79. The van der Waals surface area contributed by atoms with E-state index >= 15 is 0 Å². The Balaban J connectivity index is 0. The second-order valence-electron chi connectivity index (χ2n) is 1.17. The van der Waals surface area contributed by atoms with E-state index < -0.39 is 0 Å². The van der Waals surface area contributed by atoms with E-state index in [2.05, 4.69) is 25.4 Å². The molecule has 0 aromatic rings. The average molecular weight is 174 g/mol. The lowest BCUT2D eigenvalue weighted by Gasteiger charge is -1.88. The normalized spacial score (nSPS) is 10.5. The maximum atomic E-state index is 4.07. The molecule has 0 aliphatic heterocycles. The van der Waals surface area contributed by atoms with E-state index in [0.717, 1.165) is 5.31 Å². The van der Waals surface area contributed by atoms with Crippen LogP contribution in [0.1, 0.15) is 13.8 Å². The molecule has 0 rings (SSSR count). The molecule has 0 heterocycles. The van der Waals surface area contributed by atoms with Crippen LogP contribution in [0.15, 0.2) is 36.7 Å². The minimum atomic E-state index is 0.522. The fourth-order valence-corrected chi connectivity index (χ4v) is 1.06. The monoisotopic (exact) mass is 174 g/mol. The second-order valence-corrected chi connectivity index (χ2v) is 2.65. The van der Waals surface area contributed by atoms with E-state index in [1.54, 1.807) is 12.2 Å². The van der Waals surface area contributed by atoms with Gasteiger partial charge in [0, 0.05) is 0 Å². The molecule has 2 heteroatoms. The summed E-state index contributed by atoms with van der Waals surface area (Å²) in [5.41, 5.74) is 0. The quantitative estimate of drug-likeness (QED) is 0.375. The van der Waals surface area contributed by atoms with Crippen molar-refractivity contribution >= 4 is 20.0 Å². The van der Waals surface area contributed by atoms with Crippen LogP contribution in [0.25, 0.3) is 0 Å². The van der Waals surface area contributed by atoms with Crippen molar-refractivity contribution in [3.63, 3.8) is 0 Å². The Bertz CT molecular complexity index is 116. The van der Waals surface area contributed by atoms with E-state index in [1.165, 1.54) is 0 Å². The zero-order chi connectivity index (χ0) is 8.41. The van der Waals surface area contributed by atoms with Crippen LogP contribution >= 0.6 is 20.0 Å². The van der Waals surface area contributed by atoms with Gasteiger partial charge < -0.3 is 0 Å². The fraction of sp³-hybridized carbons (Fsp3) is 0.250. The lowest BCUT2D eigenvalue weighted by molar-refractivity contribution is 1.50. The fourth-order valence-electron chi connectivity index (χ4n) is 0.278. The SMILES string of the molecule is C=C/C=C(\C=C)PS.CC. The van der Waals surface area contributed by atoms with Gasteiger partial charge in [0.25, 0.3) is 0 Å². The molecule has 0 saturated carbocycles. The Labute approximate surface area is 71.0 Å². The molecule has 0 spiro atoms. The van der Waals surface area contributed by atoms with Gasteiger partial charge in [0.2, 0.25) is 0 Å². The Hall–Kier alpha value is -0.0000000000000000555. The minimum absolute atomic E-state index is 0.522. The van der Waals surface area contributed by atoms with Gasteiger partial charge in [-0.2, -0.15) is 0 Å². The average Bonchev–Trinajstić information content (AvgIpc) is 2.04. The highest BCUT2D eigenvalue weighted by molar-refractivity contribution is 8.39. The van der Waals surface area contributed by atoms with Gasteiger partial charge in [-0.1, -0.05) is 45.2 Å². The van der Waals surface area contributed by atoms with Crippen LogP contribution in [-0.4, -0.2) is 0 Å². The molecule has 0 radical (unpaired) electrons. The lowest BCUT2D eigenvalue weighted by Crippen LogP contribution is -1.55. The van der Waals surface area contributed by atoms with Gasteiger partial charge in [0.15, 0.2) is 0 Å². The van der Waals surface area contributed by atoms with Gasteiger partial charge >= 0.3 is 0 Å². The van der Waals surface area contributed by atoms with Gasteiger partial charge in [-0.3, -0.25) is 0 Å². The lowest BCUT2D eigenvalue weighted by atomic mass is 10.5. The molecule has 0 amide bonds. The molecule has 0 N–H and O–H groups in total. The summed E-state index contributed by atoms with van der Waals surface area (Å²) in [4.78, 5) is 0. The highest BCUT2D eigenvalue weighted by Crippen LogP contribution is 2.27. The molecular formula is C8H15PS. The summed E-state index contributed by atoms with van der Waals surface area (Å²) in [5.74, 6) is 0. The Morgan fingerprint density at radius 1 is 1.40 bits per heavy atom. The number of thiol groups is 1. The van der Waals surface area contributed by atoms with Gasteiger partial charge in [-0.15, -0.1) is 12.2 Å². The number of hydrogen-bond donors (Lipinski definition) is 1. The zero-order valence-corrected chi connectivity index (χ0v) is 8.49. The number of allylic oxidation sites excluding steroid dienone is 4. The van der Waals surface area contributed by atoms with Crippen LogP contribution in [0.2, 0.25) is 0 Å². The summed E-state index contributed by atoms with van der Waals surface area (Å²) in [6, 6.07) is 0. The Kier molecular flexibility index (Phi) is 14.9. The maximum Gasteiger partial charge on any atom is -0.0176 e. The Morgan fingerprint density at radius 3 is 2.00 bits per heavy atom. The van der Waals surface area contributed by atoms with Crippen LogP contribution in [0.3, 0.4) is 0 Å². The number of rotatable bonds is 3. The van der Waals surface area contributed by atoms with Gasteiger partial charge in [-0.25, -0.2) is 0 Å². The predicted molar refractivity (Wildman–Crippen MR) is 57.1 cm³/mol. The number of hydrogen-bond acceptors (Lipinski definition) is 1. The molecule has 0 aliphatic carbocycles. The minimum Gasteiger partial charge on any atom is -0.150 e. The van der Waals surface area contributed by atoms with Crippen LogP contribution in [0.4, 0.5) is 0 Å². The van der Waals surface area contributed by atoms with Crippen molar-refractivity contribution in [3.8, 4) is 0 Å². The van der Waals surface area contributed by atoms with Crippen molar-refractivity contribution in [1.29, 1.82) is 0 Å². The first-order valence-electron chi connectivity index (χ1n) is 3.20. The molecule has 58 valence electrons. The van der Waals surface area contributed by atoms with Gasteiger partial charge in [0.05, 0.1) is 0 Å². The molecule has 10 heavy (non-hydrogen) atoms. The largest absolute Gasteiger partial charge is 0.150 e. The highest BCUT2D eigenvalue weighted by Gasteiger charge is 1.79. The molecule has 0 saturated heterocycles. The van der Waals surface area contributed by atoms with Crippen LogP contribution < -0.4 is 0 Å². The first-order valence-corrected chi connectivity index (χ1v) is 5.49. The van der Waals surface area contributed by atoms with Crippen molar-refractivity contribution in [2.75, 3.05) is 0 Å². The molecule has 0 fully saturated rings. The summed E-state index contributed by atoms with van der Waals surface area (Å²) in [6.07, 6.45) is 5.42.